The third-order valence-corrected chi connectivity index (χ3v) is 6.28. The molecule has 2 aliphatic carbocycles. The summed E-state index contributed by atoms with van der Waals surface area (Å²) < 4.78 is 0. The van der Waals surface area contributed by atoms with Gasteiger partial charge in [-0.3, -0.25) is 9.59 Å². The molecule has 5 rings (SSSR count). The van der Waals surface area contributed by atoms with Crippen molar-refractivity contribution < 1.29 is 4.79 Å². The second-order valence-electron chi connectivity index (χ2n) is 8.10. The number of nitrogens with zero attached hydrogens (tertiary/aromatic N) is 3. The van der Waals surface area contributed by atoms with Gasteiger partial charge in [0.05, 0.1) is 11.3 Å². The normalized spacial score (nSPS) is 24.2. The van der Waals surface area contributed by atoms with Gasteiger partial charge in [0, 0.05) is 36.2 Å². The number of amides is 1. The first kappa shape index (κ1) is 16.5. The SMILES string of the molecule is NC(=O)c1cccnc1N1CCCC2(CCc3c2nc(C2CC2)[nH]c3=O)C1. The lowest BCUT2D eigenvalue weighted by Gasteiger charge is -2.41. The van der Waals surface area contributed by atoms with Crippen LogP contribution in [0.25, 0.3) is 0 Å². The van der Waals surface area contributed by atoms with Gasteiger partial charge >= 0.3 is 0 Å². The molecule has 140 valence electrons. The fourth-order valence-electron chi connectivity index (χ4n) is 4.77. The van der Waals surface area contributed by atoms with Crippen LogP contribution in [0.1, 0.15) is 65.5 Å². The van der Waals surface area contributed by atoms with Gasteiger partial charge in [0.25, 0.3) is 11.5 Å². The molecule has 2 fully saturated rings. The molecule has 0 bridgehead atoms. The lowest BCUT2D eigenvalue weighted by atomic mass is 9.77. The van der Waals surface area contributed by atoms with Crippen molar-refractivity contribution >= 4 is 11.7 Å². The van der Waals surface area contributed by atoms with E-state index in [9.17, 15) is 9.59 Å². The Morgan fingerprint density at radius 1 is 1.33 bits per heavy atom. The summed E-state index contributed by atoms with van der Waals surface area (Å²) in [5.74, 6) is 1.45. The van der Waals surface area contributed by atoms with Crippen LogP contribution in [-0.2, 0) is 11.8 Å². The lowest BCUT2D eigenvalue weighted by molar-refractivity contribution is 0.1000. The Kier molecular flexibility index (Phi) is 3.60. The minimum Gasteiger partial charge on any atom is -0.365 e. The number of fused-ring (bicyclic) bond motifs is 2. The number of primary amides is 1. The molecule has 0 radical (unpaired) electrons. The summed E-state index contributed by atoms with van der Waals surface area (Å²) in [5, 5.41) is 0. The Hall–Kier alpha value is -2.70. The molecule has 1 amide bonds. The number of piperidine rings is 1. The van der Waals surface area contributed by atoms with Gasteiger partial charge in [-0.05, 0) is 50.7 Å². The Labute approximate surface area is 157 Å². The van der Waals surface area contributed by atoms with Crippen molar-refractivity contribution in [3.05, 3.63) is 51.3 Å². The standard InChI is InChI=1S/C20H23N5O2/c21-16(26)14-3-1-9-22-18(14)25-10-2-7-20(11-25)8-6-13-15(20)23-17(12-4-5-12)24-19(13)27/h1,3,9,12H,2,4-8,10-11H2,(H2,21,26)(H,23,24,27). The highest BCUT2D eigenvalue weighted by molar-refractivity contribution is 5.97. The van der Waals surface area contributed by atoms with E-state index >= 15 is 0 Å². The second kappa shape index (κ2) is 5.90. The van der Waals surface area contributed by atoms with Crippen molar-refractivity contribution in [2.75, 3.05) is 18.0 Å². The topological polar surface area (TPSA) is 105 Å². The van der Waals surface area contributed by atoms with E-state index in [1.807, 2.05) is 0 Å². The van der Waals surface area contributed by atoms with Crippen molar-refractivity contribution in [3.8, 4) is 0 Å². The summed E-state index contributed by atoms with van der Waals surface area (Å²) in [6.07, 6.45) is 7.58. The zero-order chi connectivity index (χ0) is 18.6. The maximum atomic E-state index is 12.6. The Morgan fingerprint density at radius 2 is 2.19 bits per heavy atom. The zero-order valence-electron chi connectivity index (χ0n) is 15.2. The van der Waals surface area contributed by atoms with Crippen LogP contribution in [0.2, 0.25) is 0 Å². The molecule has 27 heavy (non-hydrogen) atoms. The van der Waals surface area contributed by atoms with Crippen LogP contribution in [-0.4, -0.2) is 33.9 Å². The number of hydrogen-bond donors (Lipinski definition) is 2. The number of rotatable bonds is 3. The number of pyridine rings is 1. The van der Waals surface area contributed by atoms with Crippen molar-refractivity contribution in [1.29, 1.82) is 0 Å². The number of carbonyl (C=O) groups is 1. The Bertz CT molecular complexity index is 981. The highest BCUT2D eigenvalue weighted by Crippen LogP contribution is 2.45. The number of hydrogen-bond acceptors (Lipinski definition) is 5. The summed E-state index contributed by atoms with van der Waals surface area (Å²) in [5.41, 5.74) is 7.73. The van der Waals surface area contributed by atoms with Crippen LogP contribution in [0.5, 0.6) is 0 Å². The highest BCUT2D eigenvalue weighted by atomic mass is 16.1. The van der Waals surface area contributed by atoms with E-state index in [4.69, 9.17) is 10.7 Å². The molecule has 3 aliphatic rings. The highest BCUT2D eigenvalue weighted by Gasteiger charge is 2.46. The van der Waals surface area contributed by atoms with Gasteiger partial charge in [0.15, 0.2) is 0 Å². The number of H-pyrrole nitrogens is 1. The summed E-state index contributed by atoms with van der Waals surface area (Å²) >= 11 is 0. The van der Waals surface area contributed by atoms with E-state index < -0.39 is 5.91 Å². The van der Waals surface area contributed by atoms with Crippen LogP contribution >= 0.6 is 0 Å². The molecule has 1 spiro atoms. The lowest BCUT2D eigenvalue weighted by Crippen LogP contribution is -2.46. The Morgan fingerprint density at radius 3 is 2.96 bits per heavy atom. The minimum atomic E-state index is -0.463. The maximum Gasteiger partial charge on any atom is 0.254 e. The smallest absolute Gasteiger partial charge is 0.254 e. The van der Waals surface area contributed by atoms with Crippen molar-refractivity contribution in [1.82, 2.24) is 15.0 Å². The number of nitrogens with two attached hydrogens (primary N) is 1. The molecule has 0 aromatic carbocycles. The van der Waals surface area contributed by atoms with Crippen LogP contribution in [0, 0.1) is 0 Å². The van der Waals surface area contributed by atoms with E-state index in [0.717, 1.165) is 68.7 Å². The first-order valence-electron chi connectivity index (χ1n) is 9.71. The number of nitrogens with one attached hydrogen (secondary N) is 1. The van der Waals surface area contributed by atoms with E-state index in [2.05, 4.69) is 14.9 Å². The number of aromatic nitrogens is 3. The monoisotopic (exact) mass is 365 g/mol. The van der Waals surface area contributed by atoms with Gasteiger partial charge in [0.2, 0.25) is 0 Å². The molecule has 1 aliphatic heterocycles. The summed E-state index contributed by atoms with van der Waals surface area (Å²) in [4.78, 5) is 39.0. The van der Waals surface area contributed by atoms with E-state index in [0.29, 0.717) is 17.3 Å². The van der Waals surface area contributed by atoms with Gasteiger partial charge in [-0.15, -0.1) is 0 Å². The molecule has 1 saturated carbocycles. The molecule has 2 aromatic heterocycles. The third-order valence-electron chi connectivity index (χ3n) is 6.28. The largest absolute Gasteiger partial charge is 0.365 e. The molecule has 1 saturated heterocycles. The molecule has 1 unspecified atom stereocenters. The number of anilines is 1. The van der Waals surface area contributed by atoms with Gasteiger partial charge in [0.1, 0.15) is 11.6 Å². The van der Waals surface area contributed by atoms with Gasteiger partial charge < -0.3 is 15.6 Å². The fourth-order valence-corrected chi connectivity index (χ4v) is 4.77. The van der Waals surface area contributed by atoms with E-state index in [1.54, 1.807) is 18.3 Å². The molecule has 7 heteroatoms. The average Bonchev–Trinajstić information content (AvgIpc) is 3.47. The minimum absolute atomic E-state index is 0.0339. The molecular formula is C20H23N5O2. The van der Waals surface area contributed by atoms with Gasteiger partial charge in [-0.1, -0.05) is 0 Å². The second-order valence-corrected chi connectivity index (χ2v) is 8.10. The van der Waals surface area contributed by atoms with Crippen molar-refractivity contribution in [2.24, 2.45) is 5.73 Å². The van der Waals surface area contributed by atoms with E-state index in [1.165, 1.54) is 0 Å². The van der Waals surface area contributed by atoms with E-state index in [-0.39, 0.29) is 11.0 Å². The van der Waals surface area contributed by atoms with Crippen LogP contribution < -0.4 is 16.2 Å². The molecule has 2 aromatic rings. The number of aromatic amines is 1. The summed E-state index contributed by atoms with van der Waals surface area (Å²) in [7, 11) is 0. The van der Waals surface area contributed by atoms with Crippen LogP contribution in [0.3, 0.4) is 0 Å². The number of carbonyl (C=O) groups excluding carboxylic acids is 1. The summed E-state index contributed by atoms with van der Waals surface area (Å²) in [6, 6.07) is 3.46. The van der Waals surface area contributed by atoms with Gasteiger partial charge in [-0.25, -0.2) is 9.97 Å². The molecule has 3 N–H and O–H groups in total. The quantitative estimate of drug-likeness (QED) is 0.860. The Balaban J connectivity index is 1.55. The maximum absolute atomic E-state index is 12.6. The van der Waals surface area contributed by atoms with Crippen molar-refractivity contribution in [2.45, 2.75) is 49.9 Å². The predicted molar refractivity (Wildman–Crippen MR) is 101 cm³/mol. The van der Waals surface area contributed by atoms with Crippen LogP contribution in [0.4, 0.5) is 5.82 Å². The average molecular weight is 365 g/mol. The summed E-state index contributed by atoms with van der Waals surface area (Å²) in [6.45, 7) is 1.55. The van der Waals surface area contributed by atoms with Crippen LogP contribution in [0.15, 0.2) is 23.1 Å². The zero-order valence-corrected chi connectivity index (χ0v) is 15.2. The first-order valence-corrected chi connectivity index (χ1v) is 9.71. The fraction of sp³-hybridized carbons (Fsp3) is 0.500. The molecule has 7 nitrogen and oxygen atoms in total. The van der Waals surface area contributed by atoms with Crippen molar-refractivity contribution in [3.63, 3.8) is 0 Å². The molecular weight excluding hydrogens is 342 g/mol. The molecule has 1 atom stereocenters. The third kappa shape index (κ3) is 2.64. The molecule has 3 heterocycles. The van der Waals surface area contributed by atoms with Gasteiger partial charge in [-0.2, -0.15) is 0 Å². The predicted octanol–water partition coefficient (Wildman–Crippen LogP) is 1.63. The first-order chi connectivity index (χ1) is 13.1.